The minimum atomic E-state index is -0.868. The second-order valence-electron chi connectivity index (χ2n) is 5.39. The van der Waals surface area contributed by atoms with Crippen molar-refractivity contribution in [3.05, 3.63) is 40.9 Å². The highest BCUT2D eigenvalue weighted by molar-refractivity contribution is 7.98. The molecule has 2 rings (SSSR count). The molecule has 0 aliphatic carbocycles. The lowest BCUT2D eigenvalue weighted by Crippen LogP contribution is -2.35. The van der Waals surface area contributed by atoms with Crippen LogP contribution in [0.15, 0.2) is 27.9 Å². The van der Waals surface area contributed by atoms with Crippen molar-refractivity contribution < 1.29 is 18.8 Å². The van der Waals surface area contributed by atoms with E-state index in [1.807, 2.05) is 13.8 Å². The Morgan fingerprint density at radius 3 is 2.80 bits per heavy atom. The van der Waals surface area contributed by atoms with Crippen LogP contribution in [0.4, 0.5) is 0 Å². The van der Waals surface area contributed by atoms with Crippen LogP contribution in [0.3, 0.4) is 0 Å². The summed E-state index contributed by atoms with van der Waals surface area (Å²) in [6.07, 6.45) is 0.743. The number of aryl methyl sites for hydroxylation is 2. The van der Waals surface area contributed by atoms with Gasteiger partial charge in [0.05, 0.1) is 11.3 Å². The SMILES string of the molecule is CCNC(=O)[C@@H](C)OC(=O)c1cccnc1SCc1c(C)noc1C. The largest absolute Gasteiger partial charge is 0.449 e. The number of pyridine rings is 1. The van der Waals surface area contributed by atoms with Crippen molar-refractivity contribution in [1.82, 2.24) is 15.5 Å². The molecule has 0 radical (unpaired) electrons. The lowest BCUT2D eigenvalue weighted by atomic mass is 10.2. The van der Waals surface area contributed by atoms with E-state index in [1.165, 1.54) is 18.7 Å². The maximum absolute atomic E-state index is 12.4. The molecule has 0 aromatic carbocycles. The Morgan fingerprint density at radius 2 is 2.16 bits per heavy atom. The van der Waals surface area contributed by atoms with Crippen LogP contribution in [-0.2, 0) is 15.3 Å². The smallest absolute Gasteiger partial charge is 0.341 e. The van der Waals surface area contributed by atoms with E-state index in [4.69, 9.17) is 9.26 Å². The molecule has 2 aromatic rings. The third kappa shape index (κ3) is 4.82. The van der Waals surface area contributed by atoms with Gasteiger partial charge >= 0.3 is 5.97 Å². The van der Waals surface area contributed by atoms with Crippen LogP contribution in [0.5, 0.6) is 0 Å². The fourth-order valence-electron chi connectivity index (χ4n) is 2.11. The summed E-state index contributed by atoms with van der Waals surface area (Å²) < 4.78 is 10.4. The van der Waals surface area contributed by atoms with Gasteiger partial charge in [-0.3, -0.25) is 4.79 Å². The Morgan fingerprint density at radius 1 is 1.40 bits per heavy atom. The number of esters is 1. The zero-order chi connectivity index (χ0) is 18.4. The molecule has 0 unspecified atom stereocenters. The van der Waals surface area contributed by atoms with Crippen molar-refractivity contribution in [3.63, 3.8) is 0 Å². The van der Waals surface area contributed by atoms with Gasteiger partial charge in [-0.1, -0.05) is 5.16 Å². The van der Waals surface area contributed by atoms with Gasteiger partial charge in [-0.05, 0) is 39.8 Å². The topological polar surface area (TPSA) is 94.3 Å². The van der Waals surface area contributed by atoms with Crippen LogP contribution in [0.1, 0.15) is 41.2 Å². The number of thioether (sulfide) groups is 1. The van der Waals surface area contributed by atoms with Crippen molar-refractivity contribution in [2.75, 3.05) is 6.54 Å². The highest BCUT2D eigenvalue weighted by atomic mass is 32.2. The number of rotatable bonds is 7. The minimum Gasteiger partial charge on any atom is -0.449 e. The van der Waals surface area contributed by atoms with Gasteiger partial charge in [-0.15, -0.1) is 11.8 Å². The van der Waals surface area contributed by atoms with E-state index in [0.717, 1.165) is 17.0 Å². The summed E-state index contributed by atoms with van der Waals surface area (Å²) in [6.45, 7) is 7.53. The van der Waals surface area contributed by atoms with Gasteiger partial charge in [0, 0.05) is 24.1 Å². The van der Waals surface area contributed by atoms with Gasteiger partial charge in [0.15, 0.2) is 6.10 Å². The summed E-state index contributed by atoms with van der Waals surface area (Å²) >= 11 is 1.39. The number of carbonyl (C=O) groups is 2. The van der Waals surface area contributed by atoms with Crippen molar-refractivity contribution in [1.29, 1.82) is 0 Å². The first-order chi connectivity index (χ1) is 11.9. The summed E-state index contributed by atoms with van der Waals surface area (Å²) in [4.78, 5) is 28.4. The molecular weight excluding hydrogens is 342 g/mol. The number of nitrogens with zero attached hydrogens (tertiary/aromatic N) is 2. The molecule has 1 atom stereocenters. The predicted octanol–water partition coefficient (Wildman–Crippen LogP) is 2.66. The second kappa shape index (κ2) is 8.66. The van der Waals surface area contributed by atoms with E-state index >= 15 is 0 Å². The maximum atomic E-state index is 12.4. The Balaban J connectivity index is 2.09. The molecule has 25 heavy (non-hydrogen) atoms. The molecule has 1 amide bonds. The van der Waals surface area contributed by atoms with Crippen LogP contribution in [0.2, 0.25) is 0 Å². The average Bonchev–Trinajstić information content (AvgIpc) is 2.91. The second-order valence-corrected chi connectivity index (χ2v) is 6.35. The average molecular weight is 363 g/mol. The molecule has 0 aliphatic heterocycles. The number of ether oxygens (including phenoxy) is 1. The van der Waals surface area contributed by atoms with Crippen LogP contribution in [0.25, 0.3) is 0 Å². The Kier molecular flexibility index (Phi) is 6.58. The van der Waals surface area contributed by atoms with Crippen LogP contribution in [-0.4, -0.2) is 34.7 Å². The lowest BCUT2D eigenvalue weighted by molar-refractivity contribution is -0.128. The van der Waals surface area contributed by atoms with Gasteiger partial charge < -0.3 is 14.6 Å². The molecule has 134 valence electrons. The number of aromatic nitrogens is 2. The molecular formula is C17H21N3O4S. The normalized spacial score (nSPS) is 11.8. The molecule has 8 heteroatoms. The zero-order valence-corrected chi connectivity index (χ0v) is 15.5. The van der Waals surface area contributed by atoms with E-state index in [0.29, 0.717) is 22.9 Å². The highest BCUT2D eigenvalue weighted by Crippen LogP contribution is 2.27. The van der Waals surface area contributed by atoms with Gasteiger partial charge in [0.25, 0.3) is 5.91 Å². The fourth-order valence-corrected chi connectivity index (χ4v) is 3.24. The first-order valence-corrected chi connectivity index (χ1v) is 8.90. The molecule has 1 N–H and O–H groups in total. The van der Waals surface area contributed by atoms with Gasteiger partial charge in [0.2, 0.25) is 0 Å². The van der Waals surface area contributed by atoms with Gasteiger partial charge in [-0.25, -0.2) is 9.78 Å². The van der Waals surface area contributed by atoms with Crippen molar-refractivity contribution >= 4 is 23.6 Å². The predicted molar refractivity (Wildman–Crippen MR) is 93.3 cm³/mol. The Hall–Kier alpha value is -2.35. The Bertz CT molecular complexity index is 741. The summed E-state index contributed by atoms with van der Waals surface area (Å²) in [7, 11) is 0. The van der Waals surface area contributed by atoms with E-state index in [2.05, 4.69) is 15.5 Å². The monoisotopic (exact) mass is 363 g/mol. The third-order valence-corrected chi connectivity index (χ3v) is 4.56. The number of hydrogen-bond donors (Lipinski definition) is 1. The number of hydrogen-bond acceptors (Lipinski definition) is 7. The maximum Gasteiger partial charge on any atom is 0.341 e. The molecule has 0 spiro atoms. The van der Waals surface area contributed by atoms with Gasteiger partial charge in [-0.2, -0.15) is 0 Å². The van der Waals surface area contributed by atoms with Crippen LogP contribution < -0.4 is 5.32 Å². The standard InChI is InChI=1S/C17H21N3O4S/c1-5-18-15(21)12(4)23-17(22)13-7-6-8-19-16(13)25-9-14-10(2)20-24-11(14)3/h6-8,12H,5,9H2,1-4H3,(H,18,21)/t12-/m1/s1. The van der Waals surface area contributed by atoms with E-state index < -0.39 is 12.1 Å². The molecule has 2 aromatic heterocycles. The van der Waals surface area contributed by atoms with E-state index in [-0.39, 0.29) is 5.91 Å². The molecule has 0 saturated heterocycles. The quantitative estimate of drug-likeness (QED) is 0.597. The summed E-state index contributed by atoms with van der Waals surface area (Å²) in [6, 6.07) is 3.29. The molecule has 0 bridgehead atoms. The zero-order valence-electron chi connectivity index (χ0n) is 14.7. The third-order valence-electron chi connectivity index (χ3n) is 3.53. The van der Waals surface area contributed by atoms with E-state index in [9.17, 15) is 9.59 Å². The van der Waals surface area contributed by atoms with Crippen molar-refractivity contribution in [3.8, 4) is 0 Å². The van der Waals surface area contributed by atoms with Crippen molar-refractivity contribution in [2.24, 2.45) is 0 Å². The molecule has 0 fully saturated rings. The summed E-state index contributed by atoms with van der Waals surface area (Å²) in [5.74, 6) is 0.414. The first kappa shape index (κ1) is 19.0. The molecule has 2 heterocycles. The number of nitrogens with one attached hydrogen (secondary N) is 1. The fraction of sp³-hybridized carbons (Fsp3) is 0.412. The molecule has 0 saturated carbocycles. The number of likely N-dealkylation sites (N-methyl/N-ethyl adjacent to an activating group) is 1. The number of amides is 1. The van der Waals surface area contributed by atoms with Gasteiger partial charge in [0.1, 0.15) is 10.8 Å². The minimum absolute atomic E-state index is 0.329. The summed E-state index contributed by atoms with van der Waals surface area (Å²) in [5, 5.41) is 7.07. The van der Waals surface area contributed by atoms with E-state index in [1.54, 1.807) is 25.3 Å². The lowest BCUT2D eigenvalue weighted by Gasteiger charge is -2.14. The molecule has 0 aliphatic rings. The molecule has 7 nitrogen and oxygen atoms in total. The highest BCUT2D eigenvalue weighted by Gasteiger charge is 2.21. The summed E-state index contributed by atoms with van der Waals surface area (Å²) in [5.41, 5.74) is 2.12. The van der Waals surface area contributed by atoms with Crippen LogP contribution >= 0.6 is 11.8 Å². The van der Waals surface area contributed by atoms with Crippen LogP contribution in [0, 0.1) is 13.8 Å². The number of carbonyl (C=O) groups excluding carboxylic acids is 2. The Labute approximate surface area is 150 Å². The first-order valence-electron chi connectivity index (χ1n) is 7.92. The van der Waals surface area contributed by atoms with Crippen molar-refractivity contribution in [2.45, 2.75) is 44.6 Å².